The van der Waals surface area contributed by atoms with Crippen molar-refractivity contribution in [2.24, 2.45) is 0 Å². The first kappa shape index (κ1) is 17.9. The Labute approximate surface area is 164 Å². The smallest absolute Gasteiger partial charge is 0.119 e. The largest absolute Gasteiger partial charge is 0.494 e. The number of rotatable bonds is 6. The highest BCUT2D eigenvalue weighted by molar-refractivity contribution is 5.80. The van der Waals surface area contributed by atoms with Crippen LogP contribution in [0.4, 0.5) is 0 Å². The van der Waals surface area contributed by atoms with Gasteiger partial charge in [-0.3, -0.25) is 15.1 Å². The van der Waals surface area contributed by atoms with E-state index >= 15 is 0 Å². The highest BCUT2D eigenvalue weighted by atomic mass is 16.5. The van der Waals surface area contributed by atoms with Gasteiger partial charge in [0.05, 0.1) is 18.0 Å². The summed E-state index contributed by atoms with van der Waals surface area (Å²) in [5.41, 5.74) is 6.65. The van der Waals surface area contributed by atoms with E-state index in [1.165, 1.54) is 0 Å². The van der Waals surface area contributed by atoms with Crippen molar-refractivity contribution in [3.05, 3.63) is 72.7 Å². The monoisotopic (exact) mass is 370 g/mol. The minimum atomic E-state index is 0.724. The van der Waals surface area contributed by atoms with Gasteiger partial charge in [-0.15, -0.1) is 0 Å². The molecule has 1 aromatic carbocycles. The number of ether oxygens (including phenoxy) is 1. The fourth-order valence-electron chi connectivity index (χ4n) is 3.08. The maximum atomic E-state index is 5.66. The molecule has 0 amide bonds. The second-order valence-electron chi connectivity index (χ2n) is 6.61. The molecule has 3 aromatic heterocycles. The van der Waals surface area contributed by atoms with Crippen molar-refractivity contribution in [2.45, 2.75) is 20.3 Å². The van der Waals surface area contributed by atoms with E-state index in [0.29, 0.717) is 0 Å². The van der Waals surface area contributed by atoms with Gasteiger partial charge in [0, 0.05) is 34.8 Å². The Hall–Kier alpha value is -3.47. The summed E-state index contributed by atoms with van der Waals surface area (Å²) < 4.78 is 5.66. The molecule has 140 valence electrons. The summed E-state index contributed by atoms with van der Waals surface area (Å²) in [7, 11) is 0. The van der Waals surface area contributed by atoms with Gasteiger partial charge in [0.2, 0.25) is 0 Å². The van der Waals surface area contributed by atoms with Crippen molar-refractivity contribution in [3.8, 4) is 39.5 Å². The van der Waals surface area contributed by atoms with Gasteiger partial charge in [0.15, 0.2) is 0 Å². The molecule has 0 saturated heterocycles. The lowest BCUT2D eigenvalue weighted by Crippen LogP contribution is -1.94. The highest BCUT2D eigenvalue weighted by Crippen LogP contribution is 2.31. The van der Waals surface area contributed by atoms with Gasteiger partial charge in [0.25, 0.3) is 0 Å². The fourth-order valence-corrected chi connectivity index (χ4v) is 3.08. The SMILES string of the molecule is CCCOc1ccc(-c2cc(-c3n[nH]cc3-c3cccc(C)n3)ccn2)cc1. The Balaban J connectivity index is 1.66. The summed E-state index contributed by atoms with van der Waals surface area (Å²) in [5.74, 6) is 0.877. The molecule has 0 atom stereocenters. The summed E-state index contributed by atoms with van der Waals surface area (Å²) in [6.07, 6.45) is 4.69. The van der Waals surface area contributed by atoms with Crippen molar-refractivity contribution in [2.75, 3.05) is 6.61 Å². The molecular formula is C23H22N4O. The van der Waals surface area contributed by atoms with Crippen molar-refractivity contribution >= 4 is 0 Å². The molecule has 0 unspecified atom stereocenters. The third-order valence-corrected chi connectivity index (χ3v) is 4.46. The zero-order valence-corrected chi connectivity index (χ0v) is 16.0. The first-order valence-corrected chi connectivity index (χ1v) is 9.42. The number of aromatic amines is 1. The second kappa shape index (κ2) is 8.05. The van der Waals surface area contributed by atoms with Gasteiger partial charge in [-0.05, 0) is 61.9 Å². The third-order valence-electron chi connectivity index (χ3n) is 4.46. The summed E-state index contributed by atoms with van der Waals surface area (Å²) in [5, 5.41) is 7.44. The lowest BCUT2D eigenvalue weighted by molar-refractivity contribution is 0.317. The van der Waals surface area contributed by atoms with Gasteiger partial charge in [-0.2, -0.15) is 5.10 Å². The summed E-state index contributed by atoms with van der Waals surface area (Å²) in [4.78, 5) is 9.16. The number of H-pyrrole nitrogens is 1. The number of aromatic nitrogens is 4. The molecule has 0 saturated carbocycles. The lowest BCUT2D eigenvalue weighted by Gasteiger charge is -2.07. The van der Waals surface area contributed by atoms with E-state index < -0.39 is 0 Å². The highest BCUT2D eigenvalue weighted by Gasteiger charge is 2.13. The van der Waals surface area contributed by atoms with Crippen LogP contribution >= 0.6 is 0 Å². The van der Waals surface area contributed by atoms with E-state index in [9.17, 15) is 0 Å². The molecule has 0 bridgehead atoms. The average Bonchev–Trinajstić information content (AvgIpc) is 3.23. The van der Waals surface area contributed by atoms with E-state index in [1.54, 1.807) is 0 Å². The molecular weight excluding hydrogens is 348 g/mol. The topological polar surface area (TPSA) is 63.7 Å². The first-order valence-electron chi connectivity index (χ1n) is 9.42. The molecule has 0 radical (unpaired) electrons. The molecule has 4 aromatic rings. The van der Waals surface area contributed by atoms with Crippen LogP contribution in [0.5, 0.6) is 5.75 Å². The molecule has 0 aliphatic rings. The van der Waals surface area contributed by atoms with Crippen LogP contribution in [0.25, 0.3) is 33.8 Å². The van der Waals surface area contributed by atoms with Crippen LogP contribution in [0.3, 0.4) is 0 Å². The van der Waals surface area contributed by atoms with Crippen LogP contribution in [0.1, 0.15) is 19.0 Å². The molecule has 3 heterocycles. The number of aryl methyl sites for hydroxylation is 1. The Bertz CT molecular complexity index is 1070. The summed E-state index contributed by atoms with van der Waals surface area (Å²) >= 11 is 0. The molecule has 5 heteroatoms. The average molecular weight is 370 g/mol. The van der Waals surface area contributed by atoms with Crippen LogP contribution in [0, 0.1) is 6.92 Å². The number of nitrogens with zero attached hydrogens (tertiary/aromatic N) is 3. The van der Waals surface area contributed by atoms with Crippen LogP contribution in [-0.4, -0.2) is 26.8 Å². The Morgan fingerprint density at radius 2 is 1.82 bits per heavy atom. The normalized spacial score (nSPS) is 10.8. The maximum absolute atomic E-state index is 5.66. The number of hydrogen-bond donors (Lipinski definition) is 1. The summed E-state index contributed by atoms with van der Waals surface area (Å²) in [6, 6.07) is 18.0. The quantitative estimate of drug-likeness (QED) is 0.500. The third kappa shape index (κ3) is 3.78. The molecule has 0 aliphatic heterocycles. The number of hydrogen-bond acceptors (Lipinski definition) is 4. The van der Waals surface area contributed by atoms with Crippen molar-refractivity contribution < 1.29 is 4.74 Å². The number of benzene rings is 1. The summed E-state index contributed by atoms with van der Waals surface area (Å²) in [6.45, 7) is 4.81. The zero-order chi connectivity index (χ0) is 19.3. The Kier molecular flexibility index (Phi) is 5.15. The molecule has 1 N–H and O–H groups in total. The fraction of sp³-hybridized carbons (Fsp3) is 0.174. The van der Waals surface area contributed by atoms with E-state index in [2.05, 4.69) is 33.2 Å². The Morgan fingerprint density at radius 3 is 2.61 bits per heavy atom. The van der Waals surface area contributed by atoms with Crippen molar-refractivity contribution in [1.82, 2.24) is 20.2 Å². The predicted octanol–water partition coefficient (Wildman–Crippen LogP) is 5.30. The van der Waals surface area contributed by atoms with Crippen LogP contribution in [0.15, 0.2) is 67.0 Å². The molecule has 4 rings (SSSR count). The molecule has 0 spiro atoms. The van der Waals surface area contributed by atoms with E-state index in [-0.39, 0.29) is 0 Å². The van der Waals surface area contributed by atoms with Gasteiger partial charge < -0.3 is 4.74 Å². The molecule has 5 nitrogen and oxygen atoms in total. The lowest BCUT2D eigenvalue weighted by atomic mass is 10.0. The van der Waals surface area contributed by atoms with Crippen LogP contribution in [0.2, 0.25) is 0 Å². The Morgan fingerprint density at radius 1 is 0.964 bits per heavy atom. The zero-order valence-electron chi connectivity index (χ0n) is 16.0. The van der Waals surface area contributed by atoms with Gasteiger partial charge in [-0.25, -0.2) is 0 Å². The minimum Gasteiger partial charge on any atom is -0.494 e. The number of pyridine rings is 2. The maximum Gasteiger partial charge on any atom is 0.119 e. The van der Waals surface area contributed by atoms with Crippen LogP contribution < -0.4 is 4.74 Å². The molecule has 0 aliphatic carbocycles. The van der Waals surface area contributed by atoms with E-state index in [0.717, 1.165) is 58.2 Å². The molecule has 0 fully saturated rings. The van der Waals surface area contributed by atoms with Gasteiger partial charge in [0.1, 0.15) is 11.4 Å². The minimum absolute atomic E-state index is 0.724. The predicted molar refractivity (Wildman–Crippen MR) is 111 cm³/mol. The number of nitrogens with one attached hydrogen (secondary N) is 1. The van der Waals surface area contributed by atoms with Crippen molar-refractivity contribution in [3.63, 3.8) is 0 Å². The van der Waals surface area contributed by atoms with E-state index in [4.69, 9.17) is 4.74 Å². The van der Waals surface area contributed by atoms with Crippen LogP contribution in [-0.2, 0) is 0 Å². The first-order chi connectivity index (χ1) is 13.7. The van der Waals surface area contributed by atoms with Gasteiger partial charge >= 0.3 is 0 Å². The van der Waals surface area contributed by atoms with E-state index in [1.807, 2.05) is 67.8 Å². The second-order valence-corrected chi connectivity index (χ2v) is 6.61. The van der Waals surface area contributed by atoms with Gasteiger partial charge in [-0.1, -0.05) is 13.0 Å². The standard InChI is InChI=1S/C23H22N4O/c1-3-13-28-19-9-7-17(8-10-19)22-14-18(11-12-24-22)23-20(15-25-27-23)21-6-4-5-16(2)26-21/h4-12,14-15H,3,13H2,1-2H3,(H,25,27). The van der Waals surface area contributed by atoms with Crippen molar-refractivity contribution in [1.29, 1.82) is 0 Å². The molecule has 28 heavy (non-hydrogen) atoms.